The molecule has 0 aromatic heterocycles. The fourth-order valence-corrected chi connectivity index (χ4v) is 3.03. The van der Waals surface area contributed by atoms with Crippen molar-refractivity contribution < 1.29 is 1.37 Å². The maximum absolute atomic E-state index is 8.50. The number of rotatable bonds is 0. The van der Waals surface area contributed by atoms with Crippen molar-refractivity contribution in [2.24, 2.45) is 23.6 Å². The Morgan fingerprint density at radius 1 is 0.917 bits per heavy atom. The number of hydrogen-bond donors (Lipinski definition) is 0. The van der Waals surface area contributed by atoms with Crippen molar-refractivity contribution in [1.82, 2.24) is 0 Å². The van der Waals surface area contributed by atoms with Crippen molar-refractivity contribution in [2.75, 3.05) is 0 Å². The second-order valence-corrected chi connectivity index (χ2v) is 5.12. The lowest BCUT2D eigenvalue weighted by Crippen LogP contribution is -2.29. The number of hydrogen-bond acceptors (Lipinski definition) is 0. The smallest absolute Gasteiger partial charge is 0.0306 e. The van der Waals surface area contributed by atoms with Gasteiger partial charge in [-0.3, -0.25) is 0 Å². The van der Waals surface area contributed by atoms with Crippen LogP contribution in [0.1, 0.15) is 53.7 Å². The molecule has 0 bridgehead atoms. The van der Waals surface area contributed by atoms with Crippen LogP contribution in [0.15, 0.2) is 0 Å². The van der Waals surface area contributed by atoms with Gasteiger partial charge in [0.25, 0.3) is 0 Å². The Kier molecular flexibility index (Phi) is 2.10. The predicted octanol–water partition coefficient (Wildman–Crippen LogP) is 3.86. The molecule has 0 spiro atoms. The molecule has 0 saturated heterocycles. The van der Waals surface area contributed by atoms with Crippen LogP contribution in [0.25, 0.3) is 0 Å². The Bertz CT molecular complexity index is 190. The molecule has 2 rings (SSSR count). The van der Waals surface area contributed by atoms with E-state index in [-0.39, 0.29) is 5.89 Å². The molecule has 0 heterocycles. The van der Waals surface area contributed by atoms with E-state index in [1.807, 2.05) is 0 Å². The minimum Gasteiger partial charge on any atom is -0.0625 e. The van der Waals surface area contributed by atoms with Gasteiger partial charge in [-0.1, -0.05) is 26.7 Å². The molecule has 2 fully saturated rings. The van der Waals surface area contributed by atoms with Crippen LogP contribution in [0.4, 0.5) is 0 Å². The van der Waals surface area contributed by atoms with Crippen molar-refractivity contribution in [3.05, 3.63) is 0 Å². The van der Waals surface area contributed by atoms with Gasteiger partial charge in [0.05, 0.1) is 0 Å². The summed E-state index contributed by atoms with van der Waals surface area (Å²) < 4.78 is 8.50. The SMILES string of the molecule is [2H]C12CCC(C)CC1CCC(C)C2. The molecule has 2 saturated carbocycles. The molecule has 0 aromatic carbocycles. The van der Waals surface area contributed by atoms with Gasteiger partial charge in [0.1, 0.15) is 0 Å². The molecule has 0 radical (unpaired) electrons. The molecule has 0 N–H and O–H groups in total. The summed E-state index contributed by atoms with van der Waals surface area (Å²) in [6, 6.07) is 0. The first-order chi connectivity index (χ1) is 6.10. The zero-order valence-corrected chi connectivity index (χ0v) is 8.47. The van der Waals surface area contributed by atoms with Gasteiger partial charge in [0.2, 0.25) is 0 Å². The Hall–Kier alpha value is 0. The molecule has 4 atom stereocenters. The normalized spacial score (nSPS) is 55.8. The first-order valence-electron chi connectivity index (χ1n) is 6.10. The van der Waals surface area contributed by atoms with Crippen molar-refractivity contribution >= 4 is 0 Å². The van der Waals surface area contributed by atoms with Crippen LogP contribution in [-0.2, 0) is 0 Å². The monoisotopic (exact) mass is 167 g/mol. The molecule has 0 aromatic rings. The van der Waals surface area contributed by atoms with E-state index in [1.54, 1.807) is 0 Å². The average Bonchev–Trinajstić information content (AvgIpc) is 2.06. The largest absolute Gasteiger partial charge is 0.0625 e. The van der Waals surface area contributed by atoms with E-state index in [9.17, 15) is 0 Å². The third kappa shape index (κ3) is 1.67. The molecule has 0 aliphatic heterocycles. The fraction of sp³-hybridized carbons (Fsp3) is 1.00. The van der Waals surface area contributed by atoms with Crippen LogP contribution in [0.5, 0.6) is 0 Å². The molecule has 12 heavy (non-hydrogen) atoms. The van der Waals surface area contributed by atoms with Crippen LogP contribution in [-0.4, -0.2) is 0 Å². The maximum atomic E-state index is 8.50. The van der Waals surface area contributed by atoms with Crippen molar-refractivity contribution in [1.29, 1.82) is 0 Å². The molecular formula is C12H22. The Balaban J connectivity index is 2.07. The molecule has 0 heteroatoms. The zero-order chi connectivity index (χ0) is 9.47. The highest BCUT2D eigenvalue weighted by atomic mass is 14.4. The predicted molar refractivity (Wildman–Crippen MR) is 53.0 cm³/mol. The summed E-state index contributed by atoms with van der Waals surface area (Å²) in [5, 5.41) is 0. The molecular weight excluding hydrogens is 144 g/mol. The molecule has 4 unspecified atom stereocenters. The van der Waals surface area contributed by atoms with Gasteiger partial charge in [-0.05, 0) is 49.3 Å². The Morgan fingerprint density at radius 2 is 1.58 bits per heavy atom. The first-order valence-corrected chi connectivity index (χ1v) is 5.60. The minimum absolute atomic E-state index is 0.0236. The highest BCUT2D eigenvalue weighted by Gasteiger charge is 2.32. The highest BCUT2D eigenvalue weighted by molar-refractivity contribution is 4.83. The Morgan fingerprint density at radius 3 is 2.42 bits per heavy atom. The van der Waals surface area contributed by atoms with Crippen LogP contribution in [0.2, 0.25) is 0 Å². The van der Waals surface area contributed by atoms with Gasteiger partial charge >= 0.3 is 0 Å². The molecule has 70 valence electrons. The summed E-state index contributed by atoms with van der Waals surface area (Å²) in [4.78, 5) is 0. The third-order valence-electron chi connectivity index (χ3n) is 3.84. The molecule has 0 nitrogen and oxygen atoms in total. The topological polar surface area (TPSA) is 0 Å². The second kappa shape index (κ2) is 3.40. The Labute approximate surface area is 78.1 Å². The van der Waals surface area contributed by atoms with E-state index in [2.05, 4.69) is 13.8 Å². The molecule has 2 aliphatic carbocycles. The van der Waals surface area contributed by atoms with Gasteiger partial charge in [-0.15, -0.1) is 0 Å². The lowest BCUT2D eigenvalue weighted by atomic mass is 9.65. The van der Waals surface area contributed by atoms with E-state index in [4.69, 9.17) is 1.37 Å². The second-order valence-electron chi connectivity index (χ2n) is 5.12. The third-order valence-corrected chi connectivity index (χ3v) is 3.84. The molecule has 0 amide bonds. The highest BCUT2D eigenvalue weighted by Crippen LogP contribution is 2.44. The first kappa shape index (κ1) is 7.41. The summed E-state index contributed by atoms with van der Waals surface area (Å²) in [7, 11) is 0. The van der Waals surface area contributed by atoms with Gasteiger partial charge < -0.3 is 0 Å². The minimum atomic E-state index is -0.0236. The van der Waals surface area contributed by atoms with E-state index >= 15 is 0 Å². The summed E-state index contributed by atoms with van der Waals surface area (Å²) in [6.07, 6.45) is 7.67. The van der Waals surface area contributed by atoms with Crippen molar-refractivity contribution in [3.63, 3.8) is 0 Å². The standard InChI is InChI=1S/C12H22/c1-9-3-5-12-8-10(2)4-6-11(12)7-9/h9-12H,3-8H2,1-2H3/i11D. The van der Waals surface area contributed by atoms with Crippen LogP contribution >= 0.6 is 0 Å². The van der Waals surface area contributed by atoms with E-state index < -0.39 is 0 Å². The summed E-state index contributed by atoms with van der Waals surface area (Å²) in [6.45, 7) is 4.68. The zero-order valence-electron chi connectivity index (χ0n) is 9.47. The fourth-order valence-electron chi connectivity index (χ4n) is 3.03. The summed E-state index contributed by atoms with van der Waals surface area (Å²) in [5.74, 6) is 2.40. The van der Waals surface area contributed by atoms with E-state index in [0.717, 1.165) is 17.8 Å². The van der Waals surface area contributed by atoms with Crippen LogP contribution in [0, 0.1) is 23.6 Å². The van der Waals surface area contributed by atoms with Crippen LogP contribution in [0.3, 0.4) is 0 Å². The maximum Gasteiger partial charge on any atom is 0.0306 e. The van der Waals surface area contributed by atoms with Gasteiger partial charge in [0, 0.05) is 1.37 Å². The average molecular weight is 167 g/mol. The lowest BCUT2D eigenvalue weighted by Gasteiger charge is -2.40. The summed E-state index contributed by atoms with van der Waals surface area (Å²) >= 11 is 0. The van der Waals surface area contributed by atoms with Gasteiger partial charge in [-0.25, -0.2) is 0 Å². The van der Waals surface area contributed by atoms with E-state index in [0.29, 0.717) is 0 Å². The van der Waals surface area contributed by atoms with Gasteiger partial charge in [-0.2, -0.15) is 0 Å². The van der Waals surface area contributed by atoms with E-state index in [1.165, 1.54) is 38.5 Å². The van der Waals surface area contributed by atoms with Gasteiger partial charge in [0.15, 0.2) is 0 Å². The number of fused-ring (bicyclic) bond motifs is 1. The van der Waals surface area contributed by atoms with Crippen molar-refractivity contribution in [2.45, 2.75) is 52.4 Å². The lowest BCUT2D eigenvalue weighted by molar-refractivity contribution is 0.109. The quantitative estimate of drug-likeness (QED) is 0.514. The van der Waals surface area contributed by atoms with Crippen molar-refractivity contribution in [3.8, 4) is 0 Å². The van der Waals surface area contributed by atoms with Crippen LogP contribution < -0.4 is 0 Å². The summed E-state index contributed by atoms with van der Waals surface area (Å²) in [5.41, 5.74) is 0. The molecule has 2 aliphatic rings.